The Hall–Kier alpha value is -1.84. The summed E-state index contributed by atoms with van der Waals surface area (Å²) in [5.74, 6) is 2.20. The Bertz CT molecular complexity index is 581. The minimum absolute atomic E-state index is 0.643. The maximum Gasteiger partial charge on any atom is 0.226 e. The van der Waals surface area contributed by atoms with Crippen LogP contribution in [0.3, 0.4) is 0 Å². The molecule has 1 N–H and O–H groups in total. The molecule has 1 aliphatic carbocycles. The van der Waals surface area contributed by atoms with Crippen molar-refractivity contribution in [2.75, 3.05) is 18.5 Å². The topological polar surface area (TPSA) is 47.0 Å². The van der Waals surface area contributed by atoms with Crippen molar-refractivity contribution in [3.05, 3.63) is 24.3 Å². The van der Waals surface area contributed by atoms with Crippen molar-refractivity contribution in [1.82, 2.24) is 9.97 Å². The lowest BCUT2D eigenvalue weighted by Gasteiger charge is -2.24. The summed E-state index contributed by atoms with van der Waals surface area (Å²) in [6.45, 7) is 3.59. The van der Waals surface area contributed by atoms with E-state index >= 15 is 0 Å². The molecule has 0 spiro atoms. The average molecular weight is 271 g/mol. The summed E-state index contributed by atoms with van der Waals surface area (Å²) in [7, 11) is 0. The van der Waals surface area contributed by atoms with Crippen molar-refractivity contribution >= 4 is 16.9 Å². The summed E-state index contributed by atoms with van der Waals surface area (Å²) in [5, 5.41) is 4.15. The van der Waals surface area contributed by atoms with E-state index in [0.717, 1.165) is 36.4 Å². The first-order chi connectivity index (χ1) is 9.86. The van der Waals surface area contributed by atoms with Crippen molar-refractivity contribution in [2.45, 2.75) is 32.6 Å². The molecule has 0 aliphatic heterocycles. The molecule has 4 nitrogen and oxygen atoms in total. The molecule has 2 aromatic rings. The Morgan fingerprint density at radius 1 is 1.25 bits per heavy atom. The number of ether oxygens (including phenoxy) is 1. The molecule has 0 saturated heterocycles. The Labute approximate surface area is 119 Å². The maximum absolute atomic E-state index is 5.92. The number of aromatic nitrogens is 2. The molecule has 1 fully saturated rings. The van der Waals surface area contributed by atoms with Crippen molar-refractivity contribution in [2.24, 2.45) is 5.92 Å². The monoisotopic (exact) mass is 271 g/mol. The van der Waals surface area contributed by atoms with Gasteiger partial charge in [-0.1, -0.05) is 31.4 Å². The number of para-hydroxylation sites is 1. The highest BCUT2D eigenvalue weighted by molar-refractivity contribution is 5.84. The van der Waals surface area contributed by atoms with Crippen LogP contribution >= 0.6 is 0 Å². The van der Waals surface area contributed by atoms with Crippen molar-refractivity contribution in [3.8, 4) is 5.88 Å². The van der Waals surface area contributed by atoms with Gasteiger partial charge in [-0.25, -0.2) is 4.98 Å². The van der Waals surface area contributed by atoms with Gasteiger partial charge >= 0.3 is 0 Å². The Balaban J connectivity index is 1.78. The minimum atomic E-state index is 0.643. The zero-order valence-corrected chi connectivity index (χ0v) is 11.9. The van der Waals surface area contributed by atoms with Crippen LogP contribution in [0.5, 0.6) is 5.88 Å². The van der Waals surface area contributed by atoms with Gasteiger partial charge in [0.05, 0.1) is 17.5 Å². The fraction of sp³-hybridized carbons (Fsp3) is 0.500. The molecule has 0 bridgehead atoms. The second-order valence-electron chi connectivity index (χ2n) is 5.33. The van der Waals surface area contributed by atoms with Crippen LogP contribution in [-0.4, -0.2) is 23.1 Å². The molecule has 0 unspecified atom stereocenters. The van der Waals surface area contributed by atoms with Gasteiger partial charge in [-0.05, 0) is 31.4 Å². The first-order valence-corrected chi connectivity index (χ1v) is 7.50. The van der Waals surface area contributed by atoms with E-state index < -0.39 is 0 Å². The Morgan fingerprint density at radius 3 is 2.85 bits per heavy atom. The van der Waals surface area contributed by atoms with E-state index in [4.69, 9.17) is 4.74 Å². The molecule has 4 heteroatoms. The van der Waals surface area contributed by atoms with Gasteiger partial charge in [-0.3, -0.25) is 0 Å². The third-order valence-electron chi connectivity index (χ3n) is 3.89. The maximum atomic E-state index is 5.92. The van der Waals surface area contributed by atoms with E-state index in [0.29, 0.717) is 11.8 Å². The molecule has 1 heterocycles. The van der Waals surface area contributed by atoms with Gasteiger partial charge in [0.2, 0.25) is 11.8 Å². The molecule has 1 aliphatic rings. The lowest BCUT2D eigenvalue weighted by molar-refractivity contribution is 0.219. The van der Waals surface area contributed by atoms with Gasteiger partial charge in [-0.15, -0.1) is 0 Å². The third-order valence-corrected chi connectivity index (χ3v) is 3.89. The van der Waals surface area contributed by atoms with Gasteiger partial charge in [0.1, 0.15) is 0 Å². The molecule has 0 amide bonds. The highest BCUT2D eigenvalue weighted by atomic mass is 16.5. The fourth-order valence-corrected chi connectivity index (χ4v) is 2.50. The summed E-state index contributed by atoms with van der Waals surface area (Å²) in [5.41, 5.74) is 0.928. The van der Waals surface area contributed by atoms with Crippen LogP contribution < -0.4 is 10.1 Å². The van der Waals surface area contributed by atoms with E-state index in [-0.39, 0.29) is 0 Å². The van der Waals surface area contributed by atoms with Gasteiger partial charge in [0.25, 0.3) is 0 Å². The summed E-state index contributed by atoms with van der Waals surface area (Å²) >= 11 is 0. The van der Waals surface area contributed by atoms with Crippen molar-refractivity contribution in [1.29, 1.82) is 0 Å². The van der Waals surface area contributed by atoms with Crippen molar-refractivity contribution in [3.63, 3.8) is 0 Å². The smallest absolute Gasteiger partial charge is 0.226 e. The second kappa shape index (κ2) is 6.07. The van der Waals surface area contributed by atoms with Gasteiger partial charge < -0.3 is 10.1 Å². The summed E-state index contributed by atoms with van der Waals surface area (Å²) in [4.78, 5) is 8.98. The predicted molar refractivity (Wildman–Crippen MR) is 81.2 cm³/mol. The van der Waals surface area contributed by atoms with Crippen LogP contribution in [0.2, 0.25) is 0 Å². The van der Waals surface area contributed by atoms with Crippen LogP contribution in [0.4, 0.5) is 5.95 Å². The number of benzene rings is 1. The van der Waals surface area contributed by atoms with Crippen LogP contribution in [0.1, 0.15) is 32.6 Å². The van der Waals surface area contributed by atoms with Crippen molar-refractivity contribution < 1.29 is 4.74 Å². The molecule has 0 radical (unpaired) electrons. The second-order valence-corrected chi connectivity index (χ2v) is 5.33. The third kappa shape index (κ3) is 2.84. The van der Waals surface area contributed by atoms with Gasteiger partial charge in [0, 0.05) is 6.54 Å². The molecule has 1 aromatic heterocycles. The SMILES string of the molecule is CCNc1nc(OCCC2CCC2)c2ccccc2n1. The largest absolute Gasteiger partial charge is 0.477 e. The minimum Gasteiger partial charge on any atom is -0.477 e. The van der Waals surface area contributed by atoms with E-state index in [1.54, 1.807) is 0 Å². The predicted octanol–water partition coefficient (Wildman–Crippen LogP) is 3.63. The summed E-state index contributed by atoms with van der Waals surface area (Å²) < 4.78 is 5.92. The van der Waals surface area contributed by atoms with Crippen LogP contribution in [0.25, 0.3) is 10.9 Å². The van der Waals surface area contributed by atoms with Gasteiger partial charge in [0.15, 0.2) is 0 Å². The number of fused-ring (bicyclic) bond motifs is 1. The van der Waals surface area contributed by atoms with Crippen LogP contribution in [0.15, 0.2) is 24.3 Å². The first-order valence-electron chi connectivity index (χ1n) is 7.50. The zero-order chi connectivity index (χ0) is 13.8. The molecular formula is C16H21N3O. The lowest BCUT2D eigenvalue weighted by atomic mass is 9.83. The Kier molecular flexibility index (Phi) is 4.00. The van der Waals surface area contributed by atoms with Crippen LogP contribution in [-0.2, 0) is 0 Å². The summed E-state index contributed by atoms with van der Waals surface area (Å²) in [6.07, 6.45) is 5.23. The van der Waals surface area contributed by atoms with E-state index in [9.17, 15) is 0 Å². The highest BCUT2D eigenvalue weighted by Crippen LogP contribution is 2.30. The molecule has 0 atom stereocenters. The molecule has 20 heavy (non-hydrogen) atoms. The first kappa shape index (κ1) is 13.2. The zero-order valence-electron chi connectivity index (χ0n) is 11.9. The fourth-order valence-electron chi connectivity index (χ4n) is 2.50. The highest BCUT2D eigenvalue weighted by Gasteiger charge is 2.17. The standard InChI is InChI=1S/C16H21N3O/c1-2-17-16-18-14-9-4-3-8-13(14)15(19-16)20-11-10-12-6-5-7-12/h3-4,8-9,12H,2,5-7,10-11H2,1H3,(H,17,18,19). The van der Waals surface area contributed by atoms with E-state index in [2.05, 4.69) is 15.3 Å². The number of nitrogens with zero attached hydrogens (tertiary/aromatic N) is 2. The van der Waals surface area contributed by atoms with E-state index in [1.807, 2.05) is 31.2 Å². The molecule has 106 valence electrons. The molecule has 3 rings (SSSR count). The van der Waals surface area contributed by atoms with Gasteiger partial charge in [-0.2, -0.15) is 4.98 Å². The average Bonchev–Trinajstić information content (AvgIpc) is 2.42. The molecule has 1 aromatic carbocycles. The molecule has 1 saturated carbocycles. The normalized spacial score (nSPS) is 15.1. The van der Waals surface area contributed by atoms with Crippen LogP contribution in [0, 0.1) is 5.92 Å². The van der Waals surface area contributed by atoms with E-state index in [1.165, 1.54) is 19.3 Å². The number of anilines is 1. The number of hydrogen-bond donors (Lipinski definition) is 1. The molecular weight excluding hydrogens is 250 g/mol. The number of rotatable bonds is 6. The number of hydrogen-bond acceptors (Lipinski definition) is 4. The quantitative estimate of drug-likeness (QED) is 0.871. The lowest BCUT2D eigenvalue weighted by Crippen LogP contribution is -2.15. The summed E-state index contributed by atoms with van der Waals surface area (Å²) in [6, 6.07) is 8.00. The Morgan fingerprint density at radius 2 is 2.10 bits per heavy atom. The number of nitrogens with one attached hydrogen (secondary N) is 1.